The van der Waals surface area contributed by atoms with Crippen LogP contribution >= 0.6 is 0 Å². The first-order chi connectivity index (χ1) is 13.6. The number of carbonyl (C=O) groups is 1. The van der Waals surface area contributed by atoms with E-state index in [1.54, 1.807) is 32.4 Å². The fraction of sp³-hybridized carbons (Fsp3) is 0.286. The van der Waals surface area contributed by atoms with Gasteiger partial charge >= 0.3 is 5.97 Å². The van der Waals surface area contributed by atoms with Gasteiger partial charge in [0.25, 0.3) is 0 Å². The van der Waals surface area contributed by atoms with Crippen molar-refractivity contribution < 1.29 is 33.6 Å². The molecule has 2 aliphatic rings. The van der Waals surface area contributed by atoms with Crippen molar-refractivity contribution in [1.82, 2.24) is 0 Å². The van der Waals surface area contributed by atoms with E-state index in [1.165, 1.54) is 0 Å². The molecule has 2 aromatic carbocycles. The molecule has 7 nitrogen and oxygen atoms in total. The van der Waals surface area contributed by atoms with Gasteiger partial charge in [0.1, 0.15) is 0 Å². The number of cyclic esters (lactones) is 1. The quantitative estimate of drug-likeness (QED) is 0.627. The lowest BCUT2D eigenvalue weighted by Gasteiger charge is -2.12. The van der Waals surface area contributed by atoms with Crippen LogP contribution < -0.4 is 18.9 Å². The number of phenols is 1. The van der Waals surface area contributed by atoms with E-state index in [4.69, 9.17) is 23.7 Å². The summed E-state index contributed by atoms with van der Waals surface area (Å²) in [5.74, 6) is 1.47. The molecule has 2 heterocycles. The minimum atomic E-state index is -0.387. The number of carbonyl (C=O) groups excluding carboxylic acids is 1. The fourth-order valence-corrected chi connectivity index (χ4v) is 3.41. The molecular formula is C21H20O7. The van der Waals surface area contributed by atoms with Crippen LogP contribution in [-0.2, 0) is 16.0 Å². The standard InChI is InChI=1S/C21H20O7/c1-24-16-5-3-12(8-18(16)25-2)7-14-10-26-21(23)15(14)9-13-4-6-17-20(19(13)22)28-11-27-17/h3-6,8-9,14,22H,7,10-11H2,1-2H3/b15-9+/t14-/m0/s1. The highest BCUT2D eigenvalue weighted by molar-refractivity contribution is 5.96. The van der Waals surface area contributed by atoms with Gasteiger partial charge in [0.05, 0.1) is 20.8 Å². The van der Waals surface area contributed by atoms with Gasteiger partial charge in [-0.1, -0.05) is 6.07 Å². The average Bonchev–Trinajstić information content (AvgIpc) is 3.32. The molecule has 1 fully saturated rings. The molecule has 2 aromatic rings. The van der Waals surface area contributed by atoms with Gasteiger partial charge in [-0.15, -0.1) is 0 Å². The van der Waals surface area contributed by atoms with Crippen molar-refractivity contribution in [3.8, 4) is 28.7 Å². The summed E-state index contributed by atoms with van der Waals surface area (Å²) < 4.78 is 26.4. The number of benzene rings is 2. The van der Waals surface area contributed by atoms with Crippen LogP contribution in [-0.4, -0.2) is 38.7 Å². The van der Waals surface area contributed by atoms with Gasteiger partial charge in [-0.2, -0.15) is 0 Å². The Hall–Kier alpha value is -3.35. The summed E-state index contributed by atoms with van der Waals surface area (Å²) in [6.07, 6.45) is 2.24. The van der Waals surface area contributed by atoms with E-state index >= 15 is 0 Å². The maximum absolute atomic E-state index is 12.3. The van der Waals surface area contributed by atoms with Crippen molar-refractivity contribution in [2.24, 2.45) is 5.92 Å². The Morgan fingerprint density at radius 1 is 1.11 bits per heavy atom. The highest BCUT2D eigenvalue weighted by Gasteiger charge is 2.31. The third-order valence-corrected chi connectivity index (χ3v) is 4.88. The maximum Gasteiger partial charge on any atom is 0.334 e. The Morgan fingerprint density at radius 2 is 1.93 bits per heavy atom. The second kappa shape index (κ2) is 7.34. The number of hydrogen-bond donors (Lipinski definition) is 1. The third kappa shape index (κ3) is 3.19. The van der Waals surface area contributed by atoms with Crippen LogP contribution in [0.2, 0.25) is 0 Å². The fourth-order valence-electron chi connectivity index (χ4n) is 3.41. The molecule has 1 atom stereocenters. The van der Waals surface area contributed by atoms with Crippen molar-refractivity contribution >= 4 is 12.0 Å². The molecule has 2 aliphatic heterocycles. The highest BCUT2D eigenvalue weighted by Crippen LogP contribution is 2.43. The Morgan fingerprint density at radius 3 is 2.71 bits per heavy atom. The van der Waals surface area contributed by atoms with E-state index in [0.717, 1.165) is 5.56 Å². The van der Waals surface area contributed by atoms with Crippen LogP contribution in [0.15, 0.2) is 35.9 Å². The smallest absolute Gasteiger partial charge is 0.334 e. The third-order valence-electron chi connectivity index (χ3n) is 4.88. The maximum atomic E-state index is 12.3. The van der Waals surface area contributed by atoms with Gasteiger partial charge in [0.2, 0.25) is 12.5 Å². The van der Waals surface area contributed by atoms with Gasteiger partial charge in [-0.3, -0.25) is 0 Å². The Bertz CT molecular complexity index is 948. The van der Waals surface area contributed by atoms with Crippen molar-refractivity contribution in [1.29, 1.82) is 0 Å². The Labute approximate surface area is 162 Å². The molecule has 1 N–H and O–H groups in total. The molecule has 146 valence electrons. The van der Waals surface area contributed by atoms with Crippen molar-refractivity contribution in [2.75, 3.05) is 27.6 Å². The minimum Gasteiger partial charge on any atom is -0.504 e. The first kappa shape index (κ1) is 18.0. The predicted molar refractivity (Wildman–Crippen MR) is 99.9 cm³/mol. The molecule has 0 radical (unpaired) electrons. The van der Waals surface area contributed by atoms with E-state index < -0.39 is 0 Å². The van der Waals surface area contributed by atoms with Crippen LogP contribution in [0, 0.1) is 5.92 Å². The van der Waals surface area contributed by atoms with Crippen LogP contribution in [0.1, 0.15) is 11.1 Å². The lowest BCUT2D eigenvalue weighted by molar-refractivity contribution is -0.135. The van der Waals surface area contributed by atoms with Crippen molar-refractivity contribution in [2.45, 2.75) is 6.42 Å². The van der Waals surface area contributed by atoms with E-state index in [-0.39, 0.29) is 36.8 Å². The van der Waals surface area contributed by atoms with Crippen LogP contribution in [0.3, 0.4) is 0 Å². The number of methoxy groups -OCH3 is 2. The number of hydrogen-bond acceptors (Lipinski definition) is 7. The molecule has 0 aromatic heterocycles. The van der Waals surface area contributed by atoms with Crippen molar-refractivity contribution in [3.05, 3.63) is 47.0 Å². The zero-order valence-electron chi connectivity index (χ0n) is 15.6. The first-order valence-corrected chi connectivity index (χ1v) is 8.82. The van der Waals surface area contributed by atoms with Gasteiger partial charge in [-0.05, 0) is 42.3 Å². The molecule has 1 saturated heterocycles. The lowest BCUT2D eigenvalue weighted by atomic mass is 9.92. The van der Waals surface area contributed by atoms with Crippen LogP contribution in [0.5, 0.6) is 28.7 Å². The molecule has 0 amide bonds. The average molecular weight is 384 g/mol. The number of rotatable bonds is 5. The molecule has 7 heteroatoms. The molecular weight excluding hydrogens is 364 g/mol. The summed E-state index contributed by atoms with van der Waals surface area (Å²) in [5, 5.41) is 10.4. The summed E-state index contributed by atoms with van der Waals surface area (Å²) >= 11 is 0. The number of phenolic OH excluding ortho intramolecular Hbond substituents is 1. The summed E-state index contributed by atoms with van der Waals surface area (Å²) in [7, 11) is 3.16. The van der Waals surface area contributed by atoms with Gasteiger partial charge in [0, 0.05) is 17.1 Å². The van der Waals surface area contributed by atoms with E-state index in [9.17, 15) is 9.90 Å². The second-order valence-corrected chi connectivity index (χ2v) is 6.53. The molecule has 28 heavy (non-hydrogen) atoms. The topological polar surface area (TPSA) is 83.5 Å². The zero-order chi connectivity index (χ0) is 19.7. The number of aromatic hydroxyl groups is 1. The Balaban J connectivity index is 1.62. The largest absolute Gasteiger partial charge is 0.504 e. The van der Waals surface area contributed by atoms with Gasteiger partial charge < -0.3 is 28.8 Å². The molecule has 0 saturated carbocycles. The molecule has 0 spiro atoms. The van der Waals surface area contributed by atoms with E-state index in [0.29, 0.717) is 34.8 Å². The number of esters is 1. The van der Waals surface area contributed by atoms with Gasteiger partial charge in [-0.25, -0.2) is 4.79 Å². The summed E-state index contributed by atoms with van der Waals surface area (Å²) in [5.41, 5.74) is 1.97. The molecule has 0 bridgehead atoms. The zero-order valence-corrected chi connectivity index (χ0v) is 15.6. The predicted octanol–water partition coefficient (Wildman–Crippen LogP) is 2.94. The van der Waals surface area contributed by atoms with Crippen LogP contribution in [0.4, 0.5) is 0 Å². The second-order valence-electron chi connectivity index (χ2n) is 6.53. The summed E-state index contributed by atoms with van der Waals surface area (Å²) in [6, 6.07) is 9.04. The van der Waals surface area contributed by atoms with Gasteiger partial charge in [0.15, 0.2) is 23.0 Å². The molecule has 4 rings (SSSR count). The normalized spacial score (nSPS) is 19.0. The van der Waals surface area contributed by atoms with Crippen molar-refractivity contribution in [3.63, 3.8) is 0 Å². The summed E-state index contributed by atoms with van der Waals surface area (Å²) in [6.45, 7) is 0.344. The summed E-state index contributed by atoms with van der Waals surface area (Å²) in [4.78, 5) is 12.3. The van der Waals surface area contributed by atoms with Crippen LogP contribution in [0.25, 0.3) is 6.08 Å². The molecule has 0 aliphatic carbocycles. The first-order valence-electron chi connectivity index (χ1n) is 8.82. The Kier molecular flexibility index (Phi) is 4.73. The SMILES string of the molecule is COc1ccc(C[C@H]2COC(=O)/C2=C/c2ccc3c(c2O)OCO3)cc1OC. The minimum absolute atomic E-state index is 0.0490. The molecule has 0 unspecified atom stereocenters. The highest BCUT2D eigenvalue weighted by atomic mass is 16.7. The monoisotopic (exact) mass is 384 g/mol. The van der Waals surface area contributed by atoms with E-state index in [1.807, 2.05) is 18.2 Å². The number of fused-ring (bicyclic) bond motifs is 1. The number of ether oxygens (including phenoxy) is 5. The van der Waals surface area contributed by atoms with E-state index in [2.05, 4.69) is 0 Å². The lowest BCUT2D eigenvalue weighted by Crippen LogP contribution is -2.08.